The Morgan fingerprint density at radius 1 is 1.48 bits per heavy atom. The third kappa shape index (κ3) is 4.84. The van der Waals surface area contributed by atoms with Gasteiger partial charge in [-0.2, -0.15) is 0 Å². The van der Waals surface area contributed by atoms with Crippen molar-refractivity contribution < 1.29 is 9.53 Å². The summed E-state index contributed by atoms with van der Waals surface area (Å²) < 4.78 is 6.19. The van der Waals surface area contributed by atoms with Gasteiger partial charge in [0.25, 0.3) is 0 Å². The Hall–Kier alpha value is -1.37. The van der Waals surface area contributed by atoms with Crippen LogP contribution in [0.3, 0.4) is 0 Å². The highest BCUT2D eigenvalue weighted by molar-refractivity contribution is 7.73. The molecule has 2 N–H and O–H groups in total. The second-order valence-electron chi connectivity index (χ2n) is 4.37. The largest absolute Gasteiger partial charge is 0.490 e. The molecule has 1 aromatic heterocycles. The van der Waals surface area contributed by atoms with Crippen LogP contribution in [0, 0.1) is 10.9 Å². The van der Waals surface area contributed by atoms with Crippen molar-refractivity contribution in [3.63, 3.8) is 0 Å². The first kappa shape index (κ1) is 16.0. The molecule has 21 heavy (non-hydrogen) atoms. The number of carbonyl (C=O) groups excluding carboxylic acids is 1. The van der Waals surface area contributed by atoms with Crippen LogP contribution >= 0.6 is 35.2 Å². The van der Waals surface area contributed by atoms with E-state index in [1.807, 2.05) is 19.1 Å². The van der Waals surface area contributed by atoms with Crippen molar-refractivity contribution in [1.29, 1.82) is 0 Å². The lowest BCUT2D eigenvalue weighted by Crippen LogP contribution is -2.29. The Morgan fingerprint density at radius 3 is 2.90 bits per heavy atom. The number of aromatic amines is 1. The molecule has 0 saturated carbocycles. The summed E-state index contributed by atoms with van der Waals surface area (Å²) in [6.45, 7) is 2.71. The molecule has 0 unspecified atom stereocenters. The maximum atomic E-state index is 11.8. The fraction of sp³-hybridized carbons (Fsp3) is 0.286. The summed E-state index contributed by atoms with van der Waals surface area (Å²) in [4.78, 5) is 15.8. The minimum absolute atomic E-state index is 0.0499. The van der Waals surface area contributed by atoms with Gasteiger partial charge in [0.15, 0.2) is 3.95 Å². The van der Waals surface area contributed by atoms with Crippen molar-refractivity contribution in [2.24, 2.45) is 0 Å². The first-order chi connectivity index (χ1) is 10.1. The summed E-state index contributed by atoms with van der Waals surface area (Å²) >= 11 is 12.4. The summed E-state index contributed by atoms with van der Waals surface area (Å²) in [6, 6.07) is 7.24. The average molecular weight is 343 g/mol. The number of H-pyrrole nitrogens is 1. The quantitative estimate of drug-likeness (QED) is 0.624. The van der Waals surface area contributed by atoms with E-state index < -0.39 is 0 Å². The molecule has 0 bridgehead atoms. The monoisotopic (exact) mass is 342 g/mol. The molecule has 0 aliphatic heterocycles. The maximum absolute atomic E-state index is 11.8. The summed E-state index contributed by atoms with van der Waals surface area (Å²) in [5.74, 6) is 0.568. The normalized spacial score (nSPS) is 10.4. The van der Waals surface area contributed by atoms with E-state index in [0.29, 0.717) is 34.3 Å². The Morgan fingerprint density at radius 2 is 2.24 bits per heavy atom. The number of benzene rings is 1. The van der Waals surface area contributed by atoms with Gasteiger partial charge >= 0.3 is 0 Å². The number of thiazole rings is 1. The van der Waals surface area contributed by atoms with E-state index in [0.717, 1.165) is 10.6 Å². The Bertz CT molecular complexity index is 682. The number of aryl methyl sites for hydroxylation is 1. The molecule has 0 spiro atoms. The summed E-state index contributed by atoms with van der Waals surface area (Å²) in [5, 5.41) is 3.37. The zero-order valence-electron chi connectivity index (χ0n) is 11.4. The van der Waals surface area contributed by atoms with Gasteiger partial charge in [0, 0.05) is 10.6 Å². The molecular formula is C14H15ClN2O2S2. The minimum Gasteiger partial charge on any atom is -0.490 e. The average Bonchev–Trinajstić information content (AvgIpc) is 2.75. The maximum Gasteiger partial charge on any atom is 0.225 e. The molecule has 2 rings (SSSR count). The first-order valence-electron chi connectivity index (χ1n) is 6.39. The summed E-state index contributed by atoms with van der Waals surface area (Å²) in [7, 11) is 0. The molecule has 0 atom stereocenters. The molecule has 0 saturated heterocycles. The van der Waals surface area contributed by atoms with Crippen molar-refractivity contribution >= 4 is 41.1 Å². The van der Waals surface area contributed by atoms with Gasteiger partial charge in [0.05, 0.1) is 18.0 Å². The number of rotatable bonds is 6. The highest BCUT2D eigenvalue weighted by atomic mass is 35.5. The van der Waals surface area contributed by atoms with Gasteiger partial charge in [0.2, 0.25) is 5.91 Å². The number of hydrogen-bond donors (Lipinski definition) is 2. The third-order valence-electron chi connectivity index (χ3n) is 2.76. The molecule has 7 heteroatoms. The molecule has 1 aromatic carbocycles. The minimum atomic E-state index is -0.0499. The number of para-hydroxylation sites is 1. The second kappa shape index (κ2) is 7.59. The Kier molecular flexibility index (Phi) is 5.78. The Balaban J connectivity index is 1.74. The number of aromatic nitrogens is 1. The lowest BCUT2D eigenvalue weighted by molar-refractivity contribution is -0.120. The molecular weight excluding hydrogens is 328 g/mol. The molecule has 112 valence electrons. The summed E-state index contributed by atoms with van der Waals surface area (Å²) in [6.07, 6.45) is 0.329. The zero-order chi connectivity index (χ0) is 15.2. The van der Waals surface area contributed by atoms with E-state index in [4.69, 9.17) is 28.6 Å². The number of amides is 1. The highest BCUT2D eigenvalue weighted by Gasteiger charge is 2.08. The van der Waals surface area contributed by atoms with Crippen LogP contribution in [0.15, 0.2) is 24.3 Å². The van der Waals surface area contributed by atoms with Gasteiger partial charge < -0.3 is 15.0 Å². The van der Waals surface area contributed by atoms with Crippen LogP contribution in [0.5, 0.6) is 5.75 Å². The third-order valence-corrected chi connectivity index (χ3v) is 4.41. The van der Waals surface area contributed by atoms with Crippen molar-refractivity contribution in [1.82, 2.24) is 10.3 Å². The molecule has 0 fully saturated rings. The van der Waals surface area contributed by atoms with Gasteiger partial charge in [-0.25, -0.2) is 0 Å². The molecule has 0 radical (unpaired) electrons. The predicted octanol–water partition coefficient (Wildman–Crippen LogP) is 3.51. The van der Waals surface area contributed by atoms with Crippen molar-refractivity contribution in [2.75, 3.05) is 13.2 Å². The topological polar surface area (TPSA) is 54.1 Å². The smallest absolute Gasteiger partial charge is 0.225 e. The SMILES string of the molecule is Cc1[nH]c(=S)sc1CC(=O)NCCOc1ccccc1Cl. The second-order valence-corrected chi connectivity index (χ2v) is 6.55. The van der Waals surface area contributed by atoms with Crippen molar-refractivity contribution in [3.05, 3.63) is 43.8 Å². The van der Waals surface area contributed by atoms with E-state index >= 15 is 0 Å². The number of carbonyl (C=O) groups is 1. The van der Waals surface area contributed by atoms with E-state index in [9.17, 15) is 4.79 Å². The van der Waals surface area contributed by atoms with Gasteiger partial charge in [-0.1, -0.05) is 23.7 Å². The van der Waals surface area contributed by atoms with Gasteiger partial charge in [0.1, 0.15) is 12.4 Å². The fourth-order valence-electron chi connectivity index (χ4n) is 1.73. The molecule has 1 amide bonds. The van der Waals surface area contributed by atoms with E-state index in [-0.39, 0.29) is 5.91 Å². The van der Waals surface area contributed by atoms with Crippen LogP contribution in [0.25, 0.3) is 0 Å². The van der Waals surface area contributed by atoms with Crippen LogP contribution in [0.2, 0.25) is 5.02 Å². The fourth-order valence-corrected chi connectivity index (χ4v) is 3.21. The van der Waals surface area contributed by atoms with Crippen LogP contribution < -0.4 is 10.1 Å². The molecule has 1 heterocycles. The van der Waals surface area contributed by atoms with Crippen LogP contribution in [-0.4, -0.2) is 24.0 Å². The lowest BCUT2D eigenvalue weighted by Gasteiger charge is -2.08. The number of halogens is 1. The molecule has 4 nitrogen and oxygen atoms in total. The zero-order valence-corrected chi connectivity index (χ0v) is 13.8. The number of nitrogens with one attached hydrogen (secondary N) is 2. The van der Waals surface area contributed by atoms with E-state index in [2.05, 4.69) is 10.3 Å². The van der Waals surface area contributed by atoms with Crippen molar-refractivity contribution in [2.45, 2.75) is 13.3 Å². The van der Waals surface area contributed by atoms with Crippen LogP contribution in [0.1, 0.15) is 10.6 Å². The van der Waals surface area contributed by atoms with Crippen LogP contribution in [-0.2, 0) is 11.2 Å². The van der Waals surface area contributed by atoms with Gasteiger partial charge in [-0.05, 0) is 31.3 Å². The number of hydrogen-bond acceptors (Lipinski definition) is 4. The lowest BCUT2D eigenvalue weighted by atomic mass is 10.3. The van der Waals surface area contributed by atoms with E-state index in [1.165, 1.54) is 11.3 Å². The standard InChI is InChI=1S/C14H15ClN2O2S2/c1-9-12(21-14(20)17-9)8-13(18)16-6-7-19-11-5-3-2-4-10(11)15/h2-5H,6-8H2,1H3,(H,16,18)(H,17,20). The molecule has 0 aliphatic carbocycles. The number of ether oxygens (including phenoxy) is 1. The van der Waals surface area contributed by atoms with E-state index in [1.54, 1.807) is 12.1 Å². The predicted molar refractivity (Wildman–Crippen MR) is 87.9 cm³/mol. The van der Waals surface area contributed by atoms with Gasteiger partial charge in [-0.15, -0.1) is 11.3 Å². The first-order valence-corrected chi connectivity index (χ1v) is 7.99. The molecule has 2 aromatic rings. The molecule has 0 aliphatic rings. The van der Waals surface area contributed by atoms with Crippen molar-refractivity contribution in [3.8, 4) is 5.75 Å². The summed E-state index contributed by atoms with van der Waals surface area (Å²) in [5.41, 5.74) is 0.951. The van der Waals surface area contributed by atoms with Crippen LogP contribution in [0.4, 0.5) is 0 Å². The van der Waals surface area contributed by atoms with Gasteiger partial charge in [-0.3, -0.25) is 4.79 Å². The Labute approximate surface area is 137 Å². The highest BCUT2D eigenvalue weighted by Crippen LogP contribution is 2.22.